The van der Waals surface area contributed by atoms with Crippen LogP contribution < -0.4 is 15.1 Å². The maximum atomic E-state index is 12.8. The molecule has 7 nitrogen and oxygen atoms in total. The maximum absolute atomic E-state index is 12.8. The largest absolute Gasteiger partial charge is 0.493 e. The smallest absolute Gasteiger partial charge is 0.349 e. The van der Waals surface area contributed by atoms with Crippen molar-refractivity contribution in [2.24, 2.45) is 0 Å². The van der Waals surface area contributed by atoms with Crippen molar-refractivity contribution in [1.82, 2.24) is 9.88 Å². The van der Waals surface area contributed by atoms with Crippen molar-refractivity contribution in [3.05, 3.63) is 76.6 Å². The number of ether oxygens (including phenoxy) is 2. The molecule has 3 heterocycles. The quantitative estimate of drug-likeness (QED) is 0.488. The minimum absolute atomic E-state index is 0.00182. The minimum Gasteiger partial charge on any atom is -0.493 e. The van der Waals surface area contributed by atoms with Crippen molar-refractivity contribution in [2.75, 3.05) is 20.2 Å². The molecule has 1 amide bonds. The molecular formula is C23H18N2O5. The van der Waals surface area contributed by atoms with Crippen LogP contribution in [0.15, 0.2) is 69.9 Å². The van der Waals surface area contributed by atoms with E-state index in [1.807, 2.05) is 36.4 Å². The molecule has 0 aliphatic carbocycles. The van der Waals surface area contributed by atoms with Gasteiger partial charge in [0.25, 0.3) is 5.91 Å². The standard InChI is InChI=1S/C23H18N2O5/c1-28-19-8-4-6-15-11-17(23(27)30-21(15)19)22(26)25-12-16(13-25)29-20-10-9-14-5-2-3-7-18(14)24-20/h2-11,16H,12-13H2,1H3. The Labute approximate surface area is 171 Å². The monoisotopic (exact) mass is 402 g/mol. The zero-order valence-corrected chi connectivity index (χ0v) is 16.2. The number of hydrogen-bond donors (Lipinski definition) is 0. The molecule has 2 aromatic heterocycles. The van der Waals surface area contributed by atoms with E-state index in [1.54, 1.807) is 29.2 Å². The Kier molecular flexibility index (Phi) is 4.35. The number of fused-ring (bicyclic) bond motifs is 2. The average molecular weight is 402 g/mol. The van der Waals surface area contributed by atoms with Crippen LogP contribution in [0.4, 0.5) is 0 Å². The first-order chi connectivity index (χ1) is 14.6. The summed E-state index contributed by atoms with van der Waals surface area (Å²) in [5, 5.41) is 1.67. The molecule has 0 N–H and O–H groups in total. The van der Waals surface area contributed by atoms with Gasteiger partial charge in [0.15, 0.2) is 11.3 Å². The number of aromatic nitrogens is 1. The second-order valence-electron chi connectivity index (χ2n) is 7.12. The van der Waals surface area contributed by atoms with Gasteiger partial charge in [-0.25, -0.2) is 9.78 Å². The van der Waals surface area contributed by atoms with E-state index in [-0.39, 0.29) is 17.6 Å². The first kappa shape index (κ1) is 18.2. The lowest BCUT2D eigenvalue weighted by atomic mass is 10.1. The number of carbonyl (C=O) groups excluding carboxylic acids is 1. The van der Waals surface area contributed by atoms with E-state index in [1.165, 1.54) is 7.11 Å². The van der Waals surface area contributed by atoms with Crippen molar-refractivity contribution in [3.63, 3.8) is 0 Å². The summed E-state index contributed by atoms with van der Waals surface area (Å²) in [6.07, 6.45) is -0.171. The molecule has 150 valence electrons. The average Bonchev–Trinajstić information content (AvgIpc) is 2.74. The fraction of sp³-hybridized carbons (Fsp3) is 0.174. The summed E-state index contributed by atoms with van der Waals surface area (Å²) in [5.41, 5.74) is 0.496. The fourth-order valence-corrected chi connectivity index (χ4v) is 3.56. The van der Waals surface area contributed by atoms with Crippen LogP contribution in [0.2, 0.25) is 0 Å². The molecule has 2 aromatic carbocycles. The van der Waals surface area contributed by atoms with E-state index in [0.717, 1.165) is 10.9 Å². The number of hydrogen-bond acceptors (Lipinski definition) is 6. The predicted octanol–water partition coefficient (Wildman–Crippen LogP) is 3.25. The highest BCUT2D eigenvalue weighted by Crippen LogP contribution is 2.26. The number of amides is 1. The van der Waals surface area contributed by atoms with Crippen LogP contribution >= 0.6 is 0 Å². The summed E-state index contributed by atoms with van der Waals surface area (Å²) >= 11 is 0. The van der Waals surface area contributed by atoms with Crippen molar-refractivity contribution < 1.29 is 18.7 Å². The Morgan fingerprint density at radius 1 is 1.07 bits per heavy atom. The highest BCUT2D eigenvalue weighted by molar-refractivity contribution is 5.97. The minimum atomic E-state index is -0.683. The molecule has 0 bridgehead atoms. The van der Waals surface area contributed by atoms with Gasteiger partial charge in [-0.3, -0.25) is 4.79 Å². The predicted molar refractivity (Wildman–Crippen MR) is 111 cm³/mol. The molecule has 4 aromatic rings. The molecule has 1 aliphatic heterocycles. The van der Waals surface area contributed by atoms with E-state index in [0.29, 0.717) is 35.7 Å². The zero-order valence-electron chi connectivity index (χ0n) is 16.2. The Hall–Kier alpha value is -3.87. The Morgan fingerprint density at radius 3 is 2.70 bits per heavy atom. The van der Waals surface area contributed by atoms with Gasteiger partial charge in [-0.15, -0.1) is 0 Å². The van der Waals surface area contributed by atoms with Crippen LogP contribution in [0.25, 0.3) is 21.9 Å². The van der Waals surface area contributed by atoms with Crippen LogP contribution in [0, 0.1) is 0 Å². The van der Waals surface area contributed by atoms with Gasteiger partial charge in [-0.2, -0.15) is 0 Å². The number of para-hydroxylation sites is 2. The molecule has 1 aliphatic rings. The molecular weight excluding hydrogens is 384 g/mol. The van der Waals surface area contributed by atoms with Crippen LogP contribution in [0.3, 0.4) is 0 Å². The molecule has 7 heteroatoms. The highest BCUT2D eigenvalue weighted by Gasteiger charge is 2.34. The summed E-state index contributed by atoms with van der Waals surface area (Å²) in [6, 6.07) is 18.4. The van der Waals surface area contributed by atoms with Gasteiger partial charge in [0.05, 0.1) is 25.7 Å². The van der Waals surface area contributed by atoms with E-state index in [4.69, 9.17) is 13.9 Å². The third-order valence-corrected chi connectivity index (χ3v) is 5.17. The zero-order chi connectivity index (χ0) is 20.7. The molecule has 0 atom stereocenters. The molecule has 5 rings (SSSR count). The van der Waals surface area contributed by atoms with Crippen molar-refractivity contribution in [1.29, 1.82) is 0 Å². The van der Waals surface area contributed by atoms with Crippen LogP contribution in [-0.4, -0.2) is 42.1 Å². The SMILES string of the molecule is COc1cccc2cc(C(=O)N3CC(Oc4ccc5ccccc5n4)C3)c(=O)oc12. The van der Waals surface area contributed by atoms with Crippen molar-refractivity contribution in [2.45, 2.75) is 6.10 Å². The first-order valence-corrected chi connectivity index (χ1v) is 9.55. The Balaban J connectivity index is 1.30. The van der Waals surface area contributed by atoms with Gasteiger partial charge >= 0.3 is 5.63 Å². The van der Waals surface area contributed by atoms with Crippen LogP contribution in [0.1, 0.15) is 10.4 Å². The number of carbonyl (C=O) groups is 1. The lowest BCUT2D eigenvalue weighted by molar-refractivity contribution is 0.0158. The van der Waals surface area contributed by atoms with E-state index >= 15 is 0 Å². The summed E-state index contributed by atoms with van der Waals surface area (Å²) in [7, 11) is 1.50. The van der Waals surface area contributed by atoms with Crippen molar-refractivity contribution in [3.8, 4) is 11.6 Å². The summed E-state index contributed by atoms with van der Waals surface area (Å²) < 4.78 is 16.4. The van der Waals surface area contributed by atoms with Gasteiger partial charge in [-0.05, 0) is 24.3 Å². The van der Waals surface area contributed by atoms with E-state index in [2.05, 4.69) is 4.98 Å². The molecule has 0 unspecified atom stereocenters. The van der Waals surface area contributed by atoms with Gasteiger partial charge in [-0.1, -0.05) is 30.3 Å². The summed E-state index contributed by atoms with van der Waals surface area (Å²) in [6.45, 7) is 0.756. The lowest BCUT2D eigenvalue weighted by Gasteiger charge is -2.38. The number of benzene rings is 2. The number of pyridine rings is 1. The molecule has 30 heavy (non-hydrogen) atoms. The van der Waals surface area contributed by atoms with Crippen LogP contribution in [0.5, 0.6) is 11.6 Å². The molecule has 1 fully saturated rings. The van der Waals surface area contributed by atoms with E-state index < -0.39 is 5.63 Å². The molecule has 0 spiro atoms. The Morgan fingerprint density at radius 2 is 1.87 bits per heavy atom. The molecule has 0 radical (unpaired) electrons. The maximum Gasteiger partial charge on any atom is 0.349 e. The number of rotatable bonds is 4. The summed E-state index contributed by atoms with van der Waals surface area (Å²) in [5.74, 6) is 0.590. The molecule has 1 saturated heterocycles. The number of likely N-dealkylation sites (tertiary alicyclic amines) is 1. The number of methoxy groups -OCH3 is 1. The lowest BCUT2D eigenvalue weighted by Crippen LogP contribution is -2.56. The van der Waals surface area contributed by atoms with Crippen LogP contribution in [-0.2, 0) is 0 Å². The normalized spacial score (nSPS) is 14.0. The van der Waals surface area contributed by atoms with Gasteiger partial charge < -0.3 is 18.8 Å². The summed E-state index contributed by atoms with van der Waals surface area (Å²) in [4.78, 5) is 31.2. The third-order valence-electron chi connectivity index (χ3n) is 5.17. The second kappa shape index (κ2) is 7.18. The van der Waals surface area contributed by atoms with Gasteiger partial charge in [0.1, 0.15) is 11.7 Å². The van der Waals surface area contributed by atoms with Crippen molar-refractivity contribution >= 4 is 27.8 Å². The first-order valence-electron chi connectivity index (χ1n) is 9.55. The topological polar surface area (TPSA) is 81.9 Å². The third kappa shape index (κ3) is 3.14. The second-order valence-corrected chi connectivity index (χ2v) is 7.12. The van der Waals surface area contributed by atoms with E-state index in [9.17, 15) is 9.59 Å². The highest BCUT2D eigenvalue weighted by atomic mass is 16.5. The number of nitrogens with zero attached hydrogens (tertiary/aromatic N) is 2. The van der Waals surface area contributed by atoms with Gasteiger partial charge in [0, 0.05) is 16.8 Å². The Bertz CT molecular complexity index is 1320. The molecule has 0 saturated carbocycles. The fourth-order valence-electron chi connectivity index (χ4n) is 3.56. The van der Waals surface area contributed by atoms with Gasteiger partial charge in [0.2, 0.25) is 5.88 Å².